The summed E-state index contributed by atoms with van der Waals surface area (Å²) in [6, 6.07) is 2.01. The first kappa shape index (κ1) is 12.8. The van der Waals surface area contributed by atoms with Gasteiger partial charge in [-0.25, -0.2) is 9.97 Å². The summed E-state index contributed by atoms with van der Waals surface area (Å²) in [5.74, 6) is 1.99. The maximum atomic E-state index is 11.6. The third-order valence-electron chi connectivity index (χ3n) is 3.17. The van der Waals surface area contributed by atoms with Gasteiger partial charge < -0.3 is 10.2 Å². The molecule has 0 atom stereocenters. The van der Waals surface area contributed by atoms with Crippen molar-refractivity contribution < 1.29 is 4.79 Å². The summed E-state index contributed by atoms with van der Waals surface area (Å²) in [5, 5.41) is 2.86. The molecule has 1 aromatic rings. The molecule has 0 spiro atoms. The van der Waals surface area contributed by atoms with Gasteiger partial charge in [0.15, 0.2) is 0 Å². The number of aryl methyl sites for hydroxylation is 2. The van der Waals surface area contributed by atoms with Crippen LogP contribution in [0.1, 0.15) is 25.4 Å². The van der Waals surface area contributed by atoms with E-state index in [9.17, 15) is 4.79 Å². The number of carbonyl (C=O) groups excluding carboxylic acids is 1. The SMILES string of the molecule is CCNC(=O)C1CN(c2cc(CC)nc(C)n2)C1. The summed E-state index contributed by atoms with van der Waals surface area (Å²) in [7, 11) is 0. The van der Waals surface area contributed by atoms with Crippen LogP contribution >= 0.6 is 0 Å². The number of rotatable bonds is 4. The highest BCUT2D eigenvalue weighted by Gasteiger charge is 2.33. The largest absolute Gasteiger partial charge is 0.356 e. The van der Waals surface area contributed by atoms with Gasteiger partial charge in [-0.1, -0.05) is 6.92 Å². The predicted molar refractivity (Wildman–Crippen MR) is 70.5 cm³/mol. The third-order valence-corrected chi connectivity index (χ3v) is 3.17. The van der Waals surface area contributed by atoms with Gasteiger partial charge in [-0.15, -0.1) is 0 Å². The van der Waals surface area contributed by atoms with Crippen molar-refractivity contribution in [1.29, 1.82) is 0 Å². The van der Waals surface area contributed by atoms with Crippen molar-refractivity contribution in [3.8, 4) is 0 Å². The van der Waals surface area contributed by atoms with E-state index in [1.807, 2.05) is 19.9 Å². The van der Waals surface area contributed by atoms with E-state index < -0.39 is 0 Å². The molecule has 1 aliphatic heterocycles. The summed E-state index contributed by atoms with van der Waals surface area (Å²) in [6.45, 7) is 8.14. The van der Waals surface area contributed by atoms with Gasteiger partial charge in [0.05, 0.1) is 5.92 Å². The standard InChI is InChI=1S/C13H20N4O/c1-4-11-6-12(16-9(3)15-11)17-7-10(8-17)13(18)14-5-2/h6,10H,4-5,7-8H2,1-3H3,(H,14,18). The summed E-state index contributed by atoms with van der Waals surface area (Å²) in [4.78, 5) is 22.5. The first-order valence-electron chi connectivity index (χ1n) is 6.51. The quantitative estimate of drug-likeness (QED) is 0.861. The molecule has 5 nitrogen and oxygen atoms in total. The Kier molecular flexibility index (Phi) is 3.79. The molecule has 1 fully saturated rings. The van der Waals surface area contributed by atoms with Crippen LogP contribution in [0.4, 0.5) is 5.82 Å². The fraction of sp³-hybridized carbons (Fsp3) is 0.615. The van der Waals surface area contributed by atoms with Gasteiger partial charge in [-0.3, -0.25) is 4.79 Å². The summed E-state index contributed by atoms with van der Waals surface area (Å²) in [6.07, 6.45) is 0.907. The molecule has 1 aromatic heterocycles. The summed E-state index contributed by atoms with van der Waals surface area (Å²) >= 11 is 0. The van der Waals surface area contributed by atoms with Gasteiger partial charge in [-0.2, -0.15) is 0 Å². The third kappa shape index (κ3) is 2.60. The molecule has 1 N–H and O–H groups in total. The van der Waals surface area contributed by atoms with Crippen molar-refractivity contribution in [3.05, 3.63) is 17.6 Å². The maximum Gasteiger partial charge on any atom is 0.226 e. The van der Waals surface area contributed by atoms with Crippen LogP contribution in [0, 0.1) is 12.8 Å². The number of hydrogen-bond acceptors (Lipinski definition) is 4. The minimum atomic E-state index is 0.102. The van der Waals surface area contributed by atoms with Crippen LogP contribution in [0.3, 0.4) is 0 Å². The smallest absolute Gasteiger partial charge is 0.226 e. The fourth-order valence-electron chi connectivity index (χ4n) is 2.11. The highest BCUT2D eigenvalue weighted by molar-refractivity contribution is 5.81. The van der Waals surface area contributed by atoms with Gasteiger partial charge in [0.2, 0.25) is 5.91 Å². The second kappa shape index (κ2) is 5.33. The summed E-state index contributed by atoms with van der Waals surface area (Å²) < 4.78 is 0. The highest BCUT2D eigenvalue weighted by Crippen LogP contribution is 2.23. The van der Waals surface area contributed by atoms with Crippen LogP contribution in [-0.4, -0.2) is 35.5 Å². The van der Waals surface area contributed by atoms with Gasteiger partial charge >= 0.3 is 0 Å². The molecular weight excluding hydrogens is 228 g/mol. The van der Waals surface area contributed by atoms with Crippen LogP contribution in [0.2, 0.25) is 0 Å². The van der Waals surface area contributed by atoms with Crippen molar-refractivity contribution in [2.45, 2.75) is 27.2 Å². The Bertz CT molecular complexity index is 441. The lowest BCUT2D eigenvalue weighted by molar-refractivity contribution is -0.125. The van der Waals surface area contributed by atoms with Gasteiger partial charge in [-0.05, 0) is 20.3 Å². The Morgan fingerprint density at radius 3 is 2.78 bits per heavy atom. The van der Waals surface area contributed by atoms with E-state index in [0.717, 1.165) is 36.8 Å². The molecule has 1 saturated heterocycles. The Morgan fingerprint density at radius 1 is 1.44 bits per heavy atom. The predicted octanol–water partition coefficient (Wildman–Crippen LogP) is 0.920. The average molecular weight is 248 g/mol. The van der Waals surface area contributed by atoms with Crippen molar-refractivity contribution >= 4 is 11.7 Å². The van der Waals surface area contributed by atoms with Gasteiger partial charge in [0, 0.05) is 31.4 Å². The van der Waals surface area contributed by atoms with Crippen LogP contribution in [0.5, 0.6) is 0 Å². The van der Waals surface area contributed by atoms with E-state index in [4.69, 9.17) is 0 Å². The average Bonchev–Trinajstić information content (AvgIpc) is 2.26. The summed E-state index contributed by atoms with van der Waals surface area (Å²) in [5.41, 5.74) is 1.05. The molecule has 0 aromatic carbocycles. The second-order valence-corrected chi connectivity index (χ2v) is 4.61. The van der Waals surface area contributed by atoms with E-state index in [1.165, 1.54) is 0 Å². The minimum absolute atomic E-state index is 0.102. The van der Waals surface area contributed by atoms with Gasteiger partial charge in [0.1, 0.15) is 11.6 Å². The Balaban J connectivity index is 1.99. The first-order valence-corrected chi connectivity index (χ1v) is 6.51. The molecule has 0 aliphatic carbocycles. The lowest BCUT2D eigenvalue weighted by Gasteiger charge is -2.39. The van der Waals surface area contributed by atoms with Crippen molar-refractivity contribution in [3.63, 3.8) is 0 Å². The molecule has 0 saturated carbocycles. The van der Waals surface area contributed by atoms with Crippen molar-refractivity contribution in [1.82, 2.24) is 15.3 Å². The molecule has 0 unspecified atom stereocenters. The number of nitrogens with one attached hydrogen (secondary N) is 1. The lowest BCUT2D eigenvalue weighted by atomic mass is 9.99. The molecule has 5 heteroatoms. The van der Waals surface area contributed by atoms with Crippen molar-refractivity contribution in [2.24, 2.45) is 5.92 Å². The van der Waals surface area contributed by atoms with E-state index in [-0.39, 0.29) is 11.8 Å². The fourth-order valence-corrected chi connectivity index (χ4v) is 2.11. The second-order valence-electron chi connectivity index (χ2n) is 4.61. The number of carbonyl (C=O) groups is 1. The zero-order valence-electron chi connectivity index (χ0n) is 11.2. The molecule has 0 bridgehead atoms. The molecule has 1 amide bonds. The molecular formula is C13H20N4O. The topological polar surface area (TPSA) is 58.1 Å². The number of aromatic nitrogens is 2. The van der Waals surface area contributed by atoms with Crippen molar-refractivity contribution in [2.75, 3.05) is 24.5 Å². The molecule has 0 radical (unpaired) electrons. The number of nitrogens with zero attached hydrogens (tertiary/aromatic N) is 3. The maximum absolute atomic E-state index is 11.6. The molecule has 18 heavy (non-hydrogen) atoms. The lowest BCUT2D eigenvalue weighted by Crippen LogP contribution is -2.54. The number of anilines is 1. The Labute approximate surface area is 108 Å². The normalized spacial score (nSPS) is 15.4. The van der Waals surface area contributed by atoms with Gasteiger partial charge in [0.25, 0.3) is 0 Å². The van der Waals surface area contributed by atoms with Crippen LogP contribution in [-0.2, 0) is 11.2 Å². The zero-order chi connectivity index (χ0) is 13.1. The monoisotopic (exact) mass is 248 g/mol. The minimum Gasteiger partial charge on any atom is -0.356 e. The van der Waals surface area contributed by atoms with E-state index in [0.29, 0.717) is 6.54 Å². The molecule has 2 rings (SSSR count). The molecule has 98 valence electrons. The zero-order valence-corrected chi connectivity index (χ0v) is 11.2. The number of hydrogen-bond donors (Lipinski definition) is 1. The molecule has 2 heterocycles. The van der Waals surface area contributed by atoms with E-state index in [1.54, 1.807) is 0 Å². The highest BCUT2D eigenvalue weighted by atomic mass is 16.2. The van der Waals surface area contributed by atoms with Crippen LogP contribution < -0.4 is 10.2 Å². The Morgan fingerprint density at radius 2 is 2.17 bits per heavy atom. The van der Waals surface area contributed by atoms with Crippen LogP contribution in [0.15, 0.2) is 6.07 Å². The number of amides is 1. The van der Waals surface area contributed by atoms with E-state index in [2.05, 4.69) is 27.1 Å². The molecule has 1 aliphatic rings. The first-order chi connectivity index (χ1) is 8.63. The van der Waals surface area contributed by atoms with E-state index >= 15 is 0 Å². The Hall–Kier alpha value is -1.65. The van der Waals surface area contributed by atoms with Crippen LogP contribution in [0.25, 0.3) is 0 Å².